The van der Waals surface area contributed by atoms with Gasteiger partial charge in [0.1, 0.15) is 12.4 Å². The van der Waals surface area contributed by atoms with Crippen molar-refractivity contribution in [1.82, 2.24) is 5.43 Å². The van der Waals surface area contributed by atoms with Crippen molar-refractivity contribution < 1.29 is 22.7 Å². The largest absolute Gasteiger partial charge is 0.487 e. The van der Waals surface area contributed by atoms with Crippen molar-refractivity contribution in [2.24, 2.45) is 5.10 Å². The molecular formula is C23H16Cl2F3I2N3O2. The molecule has 0 saturated carbocycles. The molecule has 0 saturated heterocycles. The molecule has 2 N–H and O–H groups in total. The fraction of sp³-hybridized carbons (Fsp3) is 0.130. The zero-order valence-corrected chi connectivity index (χ0v) is 23.4. The second-order valence-electron chi connectivity index (χ2n) is 7.06. The number of rotatable bonds is 8. The van der Waals surface area contributed by atoms with Gasteiger partial charge in [-0.2, -0.15) is 18.3 Å². The number of nitrogens with zero attached hydrogens (tertiary/aromatic N) is 1. The summed E-state index contributed by atoms with van der Waals surface area (Å²) in [4.78, 5) is 12.0. The van der Waals surface area contributed by atoms with Crippen LogP contribution in [-0.4, -0.2) is 18.7 Å². The first-order valence-corrected chi connectivity index (χ1v) is 12.7. The molecule has 5 nitrogen and oxygen atoms in total. The van der Waals surface area contributed by atoms with Crippen LogP contribution in [0.1, 0.15) is 16.7 Å². The Bertz CT molecular complexity index is 1230. The van der Waals surface area contributed by atoms with E-state index < -0.39 is 17.6 Å². The second kappa shape index (κ2) is 12.5. The Morgan fingerprint density at radius 3 is 2.43 bits per heavy atom. The van der Waals surface area contributed by atoms with Gasteiger partial charge in [-0.25, -0.2) is 5.43 Å². The van der Waals surface area contributed by atoms with Gasteiger partial charge < -0.3 is 10.1 Å². The topological polar surface area (TPSA) is 62.7 Å². The van der Waals surface area contributed by atoms with Gasteiger partial charge in [-0.15, -0.1) is 0 Å². The van der Waals surface area contributed by atoms with E-state index in [-0.39, 0.29) is 18.8 Å². The number of amides is 1. The van der Waals surface area contributed by atoms with E-state index in [4.69, 9.17) is 27.9 Å². The van der Waals surface area contributed by atoms with Gasteiger partial charge >= 0.3 is 6.18 Å². The Hall–Kier alpha value is -1.77. The number of anilines is 1. The van der Waals surface area contributed by atoms with Crippen molar-refractivity contribution in [2.45, 2.75) is 12.8 Å². The molecular weight excluding hydrogens is 732 g/mol. The lowest BCUT2D eigenvalue weighted by atomic mass is 10.2. The monoisotopic (exact) mass is 747 g/mol. The average molecular weight is 748 g/mol. The van der Waals surface area contributed by atoms with E-state index in [2.05, 4.69) is 61.0 Å². The number of nitrogens with one attached hydrogen (secondary N) is 2. The number of hydrogen-bond donors (Lipinski definition) is 2. The molecule has 0 heterocycles. The summed E-state index contributed by atoms with van der Waals surface area (Å²) >= 11 is 16.4. The zero-order chi connectivity index (χ0) is 25.6. The predicted molar refractivity (Wildman–Crippen MR) is 148 cm³/mol. The van der Waals surface area contributed by atoms with Crippen LogP contribution in [-0.2, 0) is 17.6 Å². The van der Waals surface area contributed by atoms with Crippen LogP contribution in [0.15, 0.2) is 59.7 Å². The highest BCUT2D eigenvalue weighted by molar-refractivity contribution is 14.1. The quantitative estimate of drug-likeness (QED) is 0.144. The predicted octanol–water partition coefficient (Wildman–Crippen LogP) is 7.36. The highest BCUT2D eigenvalue weighted by Crippen LogP contribution is 2.31. The summed E-state index contributed by atoms with van der Waals surface area (Å²) in [5.74, 6) is 0.173. The smallest absolute Gasteiger partial charge is 0.416 e. The molecule has 3 aromatic carbocycles. The van der Waals surface area contributed by atoms with Gasteiger partial charge in [0.2, 0.25) is 0 Å². The van der Waals surface area contributed by atoms with Gasteiger partial charge in [-0.05, 0) is 93.2 Å². The summed E-state index contributed by atoms with van der Waals surface area (Å²) in [6, 6.07) is 13.5. The molecule has 3 aromatic rings. The van der Waals surface area contributed by atoms with Crippen LogP contribution >= 0.6 is 68.4 Å². The molecule has 0 aliphatic carbocycles. The first-order chi connectivity index (χ1) is 16.5. The van der Waals surface area contributed by atoms with Crippen molar-refractivity contribution in [2.75, 3.05) is 11.9 Å². The summed E-state index contributed by atoms with van der Waals surface area (Å²) in [6.45, 7) is 0.0259. The summed E-state index contributed by atoms with van der Waals surface area (Å²) in [7, 11) is 0. The lowest BCUT2D eigenvalue weighted by Gasteiger charge is -2.12. The Labute approximate surface area is 236 Å². The average Bonchev–Trinajstić information content (AvgIpc) is 2.78. The third-order valence-corrected chi connectivity index (χ3v) is 6.64. The van der Waals surface area contributed by atoms with Crippen molar-refractivity contribution in [3.8, 4) is 5.75 Å². The SMILES string of the molecule is O=C(CNc1cccc(C(F)(F)F)c1)N/N=C\c1cc(I)c(OCc2ccc(Cl)cc2Cl)c(I)c1. The lowest BCUT2D eigenvalue weighted by Crippen LogP contribution is -2.26. The molecule has 0 fully saturated rings. The van der Waals surface area contributed by atoms with Gasteiger partial charge in [0.15, 0.2) is 0 Å². The molecule has 0 bridgehead atoms. The Morgan fingerprint density at radius 2 is 1.77 bits per heavy atom. The van der Waals surface area contributed by atoms with Crippen molar-refractivity contribution >= 4 is 86.2 Å². The van der Waals surface area contributed by atoms with Gasteiger partial charge in [0, 0.05) is 21.3 Å². The lowest BCUT2D eigenvalue weighted by molar-refractivity contribution is -0.137. The van der Waals surface area contributed by atoms with Crippen LogP contribution < -0.4 is 15.5 Å². The van der Waals surface area contributed by atoms with E-state index in [1.54, 1.807) is 18.2 Å². The van der Waals surface area contributed by atoms with E-state index in [9.17, 15) is 18.0 Å². The minimum Gasteiger partial charge on any atom is -0.487 e. The van der Waals surface area contributed by atoms with E-state index in [1.165, 1.54) is 18.3 Å². The van der Waals surface area contributed by atoms with E-state index in [1.807, 2.05) is 12.1 Å². The van der Waals surface area contributed by atoms with E-state index in [0.717, 1.165) is 30.4 Å². The first-order valence-electron chi connectivity index (χ1n) is 9.82. The highest BCUT2D eigenvalue weighted by atomic mass is 127. The van der Waals surface area contributed by atoms with Gasteiger partial charge in [0.25, 0.3) is 5.91 Å². The highest BCUT2D eigenvalue weighted by Gasteiger charge is 2.30. The molecule has 3 rings (SSSR count). The normalized spacial score (nSPS) is 11.5. The van der Waals surface area contributed by atoms with Crippen LogP contribution in [0.4, 0.5) is 18.9 Å². The number of alkyl halides is 3. The van der Waals surface area contributed by atoms with Gasteiger partial charge in [-0.3, -0.25) is 4.79 Å². The maximum absolute atomic E-state index is 12.8. The number of ether oxygens (including phenoxy) is 1. The summed E-state index contributed by atoms with van der Waals surface area (Å²) in [5.41, 5.74) is 3.25. The second-order valence-corrected chi connectivity index (χ2v) is 10.2. The minimum atomic E-state index is -4.46. The Balaban J connectivity index is 1.55. The molecule has 12 heteroatoms. The molecule has 0 radical (unpaired) electrons. The fourth-order valence-electron chi connectivity index (χ4n) is 2.79. The summed E-state index contributed by atoms with van der Waals surface area (Å²) in [5, 5.41) is 7.62. The summed E-state index contributed by atoms with van der Waals surface area (Å²) < 4.78 is 45.9. The fourth-order valence-corrected chi connectivity index (χ4v) is 5.38. The van der Waals surface area contributed by atoms with Crippen molar-refractivity contribution in [1.29, 1.82) is 0 Å². The number of carbonyl (C=O) groups is 1. The number of carbonyl (C=O) groups excluding carboxylic acids is 1. The third kappa shape index (κ3) is 8.40. The van der Waals surface area contributed by atoms with Gasteiger partial charge in [-0.1, -0.05) is 35.3 Å². The Kier molecular flexibility index (Phi) is 9.90. The van der Waals surface area contributed by atoms with Crippen LogP contribution in [0.2, 0.25) is 10.0 Å². The molecule has 184 valence electrons. The molecule has 0 atom stereocenters. The zero-order valence-electron chi connectivity index (χ0n) is 17.6. The van der Waals surface area contributed by atoms with Gasteiger partial charge in [0.05, 0.1) is 25.5 Å². The number of halogens is 7. The molecule has 0 aromatic heterocycles. The third-order valence-electron chi connectivity index (χ3n) is 4.45. The molecule has 0 aliphatic rings. The molecule has 1 amide bonds. The number of benzene rings is 3. The molecule has 0 aliphatic heterocycles. The van der Waals surface area contributed by atoms with Crippen LogP contribution in [0, 0.1) is 7.14 Å². The van der Waals surface area contributed by atoms with Crippen LogP contribution in [0.5, 0.6) is 5.75 Å². The van der Waals surface area contributed by atoms with Crippen LogP contribution in [0.3, 0.4) is 0 Å². The van der Waals surface area contributed by atoms with E-state index >= 15 is 0 Å². The minimum absolute atomic E-state index is 0.179. The molecule has 35 heavy (non-hydrogen) atoms. The summed E-state index contributed by atoms with van der Waals surface area (Å²) in [6.07, 6.45) is -2.99. The number of hydrazone groups is 1. The maximum atomic E-state index is 12.8. The van der Waals surface area contributed by atoms with E-state index in [0.29, 0.717) is 15.8 Å². The van der Waals surface area contributed by atoms with Crippen molar-refractivity contribution in [3.05, 3.63) is 88.5 Å². The molecule has 0 unspecified atom stereocenters. The number of hydrogen-bond acceptors (Lipinski definition) is 4. The van der Waals surface area contributed by atoms with Crippen LogP contribution in [0.25, 0.3) is 0 Å². The maximum Gasteiger partial charge on any atom is 0.416 e. The van der Waals surface area contributed by atoms with Crippen molar-refractivity contribution in [3.63, 3.8) is 0 Å². The standard InChI is InChI=1S/C23H16Cl2F3I2N3O2/c24-16-5-4-14(18(25)9-16)12-35-22-19(29)6-13(7-20(22)30)10-32-33-21(34)11-31-17-3-1-2-15(8-17)23(26,27)28/h1-10,31H,11-12H2,(H,33,34)/b32-10-. The first kappa shape index (κ1) is 27.8. The molecule has 0 spiro atoms. The Morgan fingerprint density at radius 1 is 1.06 bits per heavy atom.